The molecule has 3 rings (SSSR count). The fraction of sp³-hybridized carbons (Fsp3) is 0.778. The van der Waals surface area contributed by atoms with Gasteiger partial charge in [-0.25, -0.2) is 9.59 Å². The molecule has 13 nitrogen and oxygen atoms in total. The van der Waals surface area contributed by atoms with Crippen LogP contribution in [0.4, 0.5) is 9.59 Å². The Bertz CT molecular complexity index is 1200. The van der Waals surface area contributed by atoms with Gasteiger partial charge in [0, 0.05) is 19.1 Å². The first kappa shape index (κ1) is 39.8. The van der Waals surface area contributed by atoms with Crippen molar-refractivity contribution in [2.75, 3.05) is 19.7 Å². The predicted molar refractivity (Wildman–Crippen MR) is 186 cm³/mol. The maximum Gasteiger partial charge on any atom is 0.407 e. The van der Waals surface area contributed by atoms with E-state index in [1.807, 2.05) is 48.5 Å². The Morgan fingerprint density at radius 2 is 1.55 bits per heavy atom. The summed E-state index contributed by atoms with van der Waals surface area (Å²) >= 11 is 0. The van der Waals surface area contributed by atoms with Gasteiger partial charge in [0.15, 0.2) is 0 Å². The summed E-state index contributed by atoms with van der Waals surface area (Å²) in [5, 5.41) is 13.9. The first-order valence-corrected chi connectivity index (χ1v) is 18.1. The van der Waals surface area contributed by atoms with E-state index in [4.69, 9.17) is 4.74 Å². The van der Waals surface area contributed by atoms with Crippen LogP contribution in [0.5, 0.6) is 0 Å². The van der Waals surface area contributed by atoms with E-state index >= 15 is 0 Å². The number of amides is 6. The van der Waals surface area contributed by atoms with Crippen LogP contribution in [0.15, 0.2) is 12.7 Å². The summed E-state index contributed by atoms with van der Waals surface area (Å²) in [5.41, 5.74) is -0.470. The first-order chi connectivity index (χ1) is 23.0. The molecule has 0 radical (unpaired) electrons. The average molecular weight is 689 g/mol. The van der Waals surface area contributed by atoms with Gasteiger partial charge >= 0.3 is 12.1 Å². The maximum atomic E-state index is 14.5. The van der Waals surface area contributed by atoms with E-state index in [0.29, 0.717) is 19.4 Å². The second kappa shape index (κ2) is 17.8. The molecular formula is C36H60N6O7. The Hall–Kier alpha value is -3.64. The summed E-state index contributed by atoms with van der Waals surface area (Å²) in [5.74, 6) is -2.25. The van der Waals surface area contributed by atoms with Crippen molar-refractivity contribution >= 4 is 35.6 Å². The zero-order valence-corrected chi connectivity index (χ0v) is 30.6. The van der Waals surface area contributed by atoms with E-state index in [2.05, 4.69) is 33.2 Å². The smallest absolute Gasteiger partial charge is 0.407 e. The van der Waals surface area contributed by atoms with Crippen molar-refractivity contribution in [1.29, 1.82) is 0 Å². The molecule has 0 bridgehead atoms. The van der Waals surface area contributed by atoms with E-state index in [1.54, 1.807) is 4.90 Å². The molecule has 49 heavy (non-hydrogen) atoms. The molecule has 0 aromatic heterocycles. The van der Waals surface area contributed by atoms with E-state index in [-0.39, 0.29) is 48.8 Å². The molecule has 3 unspecified atom stereocenters. The fourth-order valence-corrected chi connectivity index (χ4v) is 6.82. The molecular weight excluding hydrogens is 628 g/mol. The second-order valence-corrected chi connectivity index (χ2v) is 15.7. The minimum absolute atomic E-state index is 0.0589. The minimum atomic E-state index is -0.996. The van der Waals surface area contributed by atoms with Crippen molar-refractivity contribution in [3.05, 3.63) is 12.7 Å². The normalized spacial score (nSPS) is 21.4. The van der Waals surface area contributed by atoms with Gasteiger partial charge in [-0.15, -0.1) is 6.58 Å². The largest absolute Gasteiger partial charge is 0.447 e. The quantitative estimate of drug-likeness (QED) is 0.122. The summed E-state index contributed by atoms with van der Waals surface area (Å²) in [4.78, 5) is 81.6. The van der Waals surface area contributed by atoms with Crippen LogP contribution in [-0.2, 0) is 23.9 Å². The number of ether oxygens (including phenoxy) is 1. The van der Waals surface area contributed by atoms with Crippen LogP contribution in [-0.4, -0.2) is 90.4 Å². The van der Waals surface area contributed by atoms with E-state index < -0.39 is 59.3 Å². The first-order valence-electron chi connectivity index (χ1n) is 18.1. The van der Waals surface area contributed by atoms with Crippen molar-refractivity contribution < 1.29 is 33.5 Å². The second-order valence-electron chi connectivity index (χ2n) is 15.7. The third-order valence-corrected chi connectivity index (χ3v) is 9.94. The molecule has 1 saturated heterocycles. The van der Waals surface area contributed by atoms with Gasteiger partial charge in [0.2, 0.25) is 17.6 Å². The topological polar surface area (TPSA) is 175 Å². The van der Waals surface area contributed by atoms with E-state index in [0.717, 1.165) is 38.5 Å². The molecule has 0 spiro atoms. The van der Waals surface area contributed by atoms with Crippen molar-refractivity contribution in [3.8, 4) is 0 Å². The Morgan fingerprint density at radius 1 is 0.898 bits per heavy atom. The highest BCUT2D eigenvalue weighted by Crippen LogP contribution is 2.36. The molecule has 2 saturated carbocycles. The van der Waals surface area contributed by atoms with Crippen molar-refractivity contribution in [3.63, 3.8) is 0 Å². The Balaban J connectivity index is 1.81. The number of urea groups is 1. The molecule has 276 valence electrons. The van der Waals surface area contributed by atoms with Gasteiger partial charge in [0.1, 0.15) is 18.7 Å². The van der Waals surface area contributed by atoms with Crippen molar-refractivity contribution in [1.82, 2.24) is 31.5 Å². The monoisotopic (exact) mass is 688 g/mol. The van der Waals surface area contributed by atoms with Crippen LogP contribution in [0, 0.1) is 29.1 Å². The molecule has 3 aliphatic rings. The van der Waals surface area contributed by atoms with Gasteiger partial charge in [-0.2, -0.15) is 0 Å². The number of carbonyl (C=O) groups is 6. The van der Waals surface area contributed by atoms with Gasteiger partial charge in [0.05, 0.1) is 12.1 Å². The lowest BCUT2D eigenvalue weighted by molar-refractivity contribution is -0.144. The van der Waals surface area contributed by atoms with Crippen LogP contribution < -0.4 is 26.6 Å². The summed E-state index contributed by atoms with van der Waals surface area (Å²) < 4.78 is 5.40. The molecule has 5 atom stereocenters. The predicted octanol–water partition coefficient (Wildman–Crippen LogP) is 3.42. The summed E-state index contributed by atoms with van der Waals surface area (Å²) in [6, 6.07) is -3.94. The average Bonchev–Trinajstić information content (AvgIpc) is 3.46. The number of hydrogen-bond acceptors (Lipinski definition) is 7. The number of alkyl carbamates (subject to hydrolysis) is 1. The Kier molecular flexibility index (Phi) is 14.5. The van der Waals surface area contributed by atoms with Gasteiger partial charge < -0.3 is 36.2 Å². The highest BCUT2D eigenvalue weighted by Gasteiger charge is 2.47. The zero-order valence-electron chi connectivity index (χ0n) is 30.6. The number of nitrogens with zero attached hydrogens (tertiary/aromatic N) is 1. The minimum Gasteiger partial charge on any atom is -0.447 e. The molecule has 3 fully saturated rings. The summed E-state index contributed by atoms with van der Waals surface area (Å²) in [6.07, 6.45) is 7.09. The lowest BCUT2D eigenvalue weighted by atomic mass is 9.87. The molecule has 13 heteroatoms. The molecule has 5 N–H and O–H groups in total. The number of Topliss-reactive ketones (excluding diaryl/α,β-unsaturated/α-hetero) is 1. The van der Waals surface area contributed by atoms with Crippen LogP contribution >= 0.6 is 0 Å². The van der Waals surface area contributed by atoms with Gasteiger partial charge in [0.25, 0.3) is 5.91 Å². The zero-order chi connectivity index (χ0) is 36.5. The van der Waals surface area contributed by atoms with Gasteiger partial charge in [-0.3, -0.25) is 19.2 Å². The number of carbonyl (C=O) groups excluding carboxylic acids is 6. The highest BCUT2D eigenvalue weighted by atomic mass is 16.5. The van der Waals surface area contributed by atoms with E-state index in [1.165, 1.54) is 6.08 Å². The van der Waals surface area contributed by atoms with Gasteiger partial charge in [-0.1, -0.05) is 66.4 Å². The fourth-order valence-electron chi connectivity index (χ4n) is 6.82. The SMILES string of the molecule is C=CCNC(=O)C(=O)C(CC1CC1)NC(=O)[C@@H]1[C@@H](C(C)C)CCN1C(=O)C(NC(=O)NC(COC(=O)NC(C)C)C(C)(C)C)C1CCCC1. The number of likely N-dealkylation sites (tertiary alicyclic amines) is 1. The Morgan fingerprint density at radius 3 is 2.10 bits per heavy atom. The van der Waals surface area contributed by atoms with Crippen LogP contribution in [0.25, 0.3) is 0 Å². The summed E-state index contributed by atoms with van der Waals surface area (Å²) in [6.45, 7) is 17.4. The van der Waals surface area contributed by atoms with Crippen molar-refractivity contribution in [2.24, 2.45) is 29.1 Å². The van der Waals surface area contributed by atoms with Crippen LogP contribution in [0.3, 0.4) is 0 Å². The summed E-state index contributed by atoms with van der Waals surface area (Å²) in [7, 11) is 0. The Labute approximate surface area is 291 Å². The molecule has 1 heterocycles. The maximum absolute atomic E-state index is 14.5. The standard InChI is InChI=1S/C36H60N6O7/c1-9-17-37-32(45)30(43)26(19-23-14-15-23)39-31(44)29-25(21(2)3)16-18-42(29)33(46)28(24-12-10-11-13-24)41-34(47)40-27(36(6,7)8)20-49-35(48)38-22(4)5/h9,21-29H,1,10-20H2,2-8H3,(H,37,45)(H,38,48)(H,39,44)(H2,40,41,47)/t25-,26?,27?,28?,29+/m1/s1. The molecule has 6 amide bonds. The molecule has 2 aliphatic carbocycles. The van der Waals surface area contributed by atoms with Gasteiger partial charge in [-0.05, 0) is 68.6 Å². The van der Waals surface area contributed by atoms with Crippen LogP contribution in [0.2, 0.25) is 0 Å². The number of ketones is 1. The third-order valence-electron chi connectivity index (χ3n) is 9.94. The number of nitrogens with one attached hydrogen (secondary N) is 5. The lowest BCUT2D eigenvalue weighted by Crippen LogP contribution is -2.61. The molecule has 0 aromatic carbocycles. The molecule has 0 aromatic rings. The highest BCUT2D eigenvalue weighted by molar-refractivity contribution is 6.38. The van der Waals surface area contributed by atoms with Crippen molar-refractivity contribution in [2.45, 2.75) is 130 Å². The number of hydrogen-bond donors (Lipinski definition) is 5. The molecule has 1 aliphatic heterocycles. The van der Waals surface area contributed by atoms with E-state index in [9.17, 15) is 28.8 Å². The lowest BCUT2D eigenvalue weighted by Gasteiger charge is -2.35. The van der Waals surface area contributed by atoms with Crippen LogP contribution in [0.1, 0.15) is 99.8 Å². The number of rotatable bonds is 16. The third kappa shape index (κ3) is 11.7.